The third-order valence-electron chi connectivity index (χ3n) is 7.46. The van der Waals surface area contributed by atoms with E-state index in [9.17, 15) is 13.9 Å². The van der Waals surface area contributed by atoms with Crippen LogP contribution in [0.1, 0.15) is 75.3 Å². The van der Waals surface area contributed by atoms with Gasteiger partial charge in [-0.25, -0.2) is 8.78 Å². The van der Waals surface area contributed by atoms with Crippen molar-refractivity contribution in [2.24, 2.45) is 0 Å². The van der Waals surface area contributed by atoms with E-state index in [0.717, 1.165) is 43.3 Å². The number of aliphatic hydroxyl groups is 1. The van der Waals surface area contributed by atoms with E-state index in [1.807, 2.05) is 13.0 Å². The fourth-order valence-electron chi connectivity index (χ4n) is 5.25. The number of anilines is 1. The van der Waals surface area contributed by atoms with Crippen LogP contribution >= 0.6 is 0 Å². The fourth-order valence-corrected chi connectivity index (χ4v) is 5.25. The Bertz CT molecular complexity index is 1160. The van der Waals surface area contributed by atoms with E-state index in [1.54, 1.807) is 0 Å². The number of rotatable bonds is 9. The van der Waals surface area contributed by atoms with Crippen LogP contribution in [0.5, 0.6) is 0 Å². The number of aromatic nitrogens is 1. The summed E-state index contributed by atoms with van der Waals surface area (Å²) >= 11 is 0. The molecule has 2 aromatic carbocycles. The minimum Gasteiger partial charge on any atom is -0.392 e. The van der Waals surface area contributed by atoms with Crippen molar-refractivity contribution in [3.63, 3.8) is 0 Å². The Morgan fingerprint density at radius 3 is 2.41 bits per heavy atom. The Morgan fingerprint density at radius 2 is 1.78 bits per heavy atom. The monoisotopic (exact) mass is 511 g/mol. The minimum absolute atomic E-state index is 0.0283. The number of nitrogens with zero attached hydrogens (tertiary/aromatic N) is 1. The van der Waals surface area contributed by atoms with Crippen LogP contribution in [-0.4, -0.2) is 29.0 Å². The second-order valence-corrected chi connectivity index (χ2v) is 11.5. The zero-order valence-corrected chi connectivity index (χ0v) is 22.3. The fraction of sp³-hybridized carbons (Fsp3) is 0.500. The summed E-state index contributed by atoms with van der Waals surface area (Å²) in [6, 6.07) is 14.5. The Labute approximate surface area is 218 Å². The molecule has 5 nitrogen and oxygen atoms in total. The first-order valence-corrected chi connectivity index (χ1v) is 13.2. The Hall–Kier alpha value is -2.77. The number of benzene rings is 2. The van der Waals surface area contributed by atoms with Crippen LogP contribution in [0.4, 0.5) is 14.6 Å². The number of aliphatic hydroxyl groups excluding tert-OH is 1. The van der Waals surface area contributed by atoms with E-state index < -0.39 is 17.7 Å². The lowest BCUT2D eigenvalue weighted by Crippen LogP contribution is -2.49. The zero-order valence-electron chi connectivity index (χ0n) is 22.3. The lowest BCUT2D eigenvalue weighted by Gasteiger charge is -2.43. The number of halogens is 2. The summed E-state index contributed by atoms with van der Waals surface area (Å²) in [5.74, 6) is 0.364. The van der Waals surface area contributed by atoms with Crippen LogP contribution in [0.2, 0.25) is 0 Å². The van der Waals surface area contributed by atoms with Gasteiger partial charge in [0.2, 0.25) is 0 Å². The van der Waals surface area contributed by atoms with Gasteiger partial charge in [0.25, 0.3) is 0 Å². The second kappa shape index (κ2) is 11.3. The maximum atomic E-state index is 13.5. The molecule has 4 rings (SSSR count). The molecule has 1 aromatic heterocycles. The van der Waals surface area contributed by atoms with Gasteiger partial charge in [-0.2, -0.15) is 0 Å². The number of hydrogen-bond acceptors (Lipinski definition) is 5. The molecule has 1 unspecified atom stereocenters. The summed E-state index contributed by atoms with van der Waals surface area (Å²) in [5.41, 5.74) is 2.82. The first-order valence-electron chi connectivity index (χ1n) is 13.2. The van der Waals surface area contributed by atoms with Crippen molar-refractivity contribution in [1.82, 2.24) is 10.5 Å². The molecule has 0 radical (unpaired) electrons. The molecule has 1 heterocycles. The van der Waals surface area contributed by atoms with Gasteiger partial charge in [-0.1, -0.05) is 50.2 Å². The summed E-state index contributed by atoms with van der Waals surface area (Å²) in [6.45, 7) is 8.92. The summed E-state index contributed by atoms with van der Waals surface area (Å²) in [4.78, 5) is 0. The van der Waals surface area contributed by atoms with Gasteiger partial charge in [-0.05, 0) is 79.7 Å². The Morgan fingerprint density at radius 1 is 1.08 bits per heavy atom. The van der Waals surface area contributed by atoms with Crippen molar-refractivity contribution in [2.45, 2.75) is 89.3 Å². The predicted molar refractivity (Wildman–Crippen MR) is 143 cm³/mol. The molecule has 3 N–H and O–H groups in total. The van der Waals surface area contributed by atoms with Crippen LogP contribution in [0.3, 0.4) is 0 Å². The van der Waals surface area contributed by atoms with E-state index >= 15 is 0 Å². The zero-order chi connectivity index (χ0) is 26.6. The van der Waals surface area contributed by atoms with E-state index in [1.165, 1.54) is 23.3 Å². The van der Waals surface area contributed by atoms with Gasteiger partial charge in [-0.15, -0.1) is 0 Å². The molecule has 1 aliphatic carbocycles. The van der Waals surface area contributed by atoms with Crippen molar-refractivity contribution in [3.8, 4) is 0 Å². The van der Waals surface area contributed by atoms with Crippen molar-refractivity contribution < 1.29 is 18.4 Å². The molecule has 7 heteroatoms. The lowest BCUT2D eigenvalue weighted by atomic mass is 9.73. The SMILES string of the molecule is Cc1cc(NC2CCC(NCC(O)CCc3cc(F)cc(F)c3)(c3cccc(C(C)(C)C)c3)CC2)no1. The Kier molecular flexibility index (Phi) is 8.34. The van der Waals surface area contributed by atoms with Crippen LogP contribution in [-0.2, 0) is 17.4 Å². The first-order chi connectivity index (χ1) is 17.5. The average Bonchev–Trinajstić information content (AvgIpc) is 3.26. The van der Waals surface area contributed by atoms with Crippen LogP contribution < -0.4 is 10.6 Å². The molecule has 0 amide bonds. The summed E-state index contributed by atoms with van der Waals surface area (Å²) in [5, 5.41) is 22.1. The van der Waals surface area contributed by atoms with Gasteiger partial charge in [0.1, 0.15) is 17.4 Å². The third-order valence-corrected chi connectivity index (χ3v) is 7.46. The highest BCUT2D eigenvalue weighted by Crippen LogP contribution is 2.39. The molecule has 1 saturated carbocycles. The topological polar surface area (TPSA) is 70.3 Å². The largest absolute Gasteiger partial charge is 0.392 e. The van der Waals surface area contributed by atoms with E-state index in [4.69, 9.17) is 4.52 Å². The molecule has 3 aromatic rings. The predicted octanol–water partition coefficient (Wildman–Crippen LogP) is 6.39. The standard InChI is InChI=1S/C30H39F2N3O2/c1-20-14-28(35-37-20)34-26-10-12-30(13-11-26,23-7-5-6-22(17-23)29(2,3)4)33-19-27(36)9-8-21-15-24(31)18-25(32)16-21/h5-7,14-18,26-27,33,36H,8-13,19H2,1-4H3,(H,34,35). The summed E-state index contributed by atoms with van der Waals surface area (Å²) in [6.07, 6.45) is 3.88. The highest BCUT2D eigenvalue weighted by molar-refractivity contribution is 5.37. The molecule has 1 fully saturated rings. The minimum atomic E-state index is -0.636. The van der Waals surface area contributed by atoms with Gasteiger partial charge in [-0.3, -0.25) is 0 Å². The van der Waals surface area contributed by atoms with Crippen LogP contribution in [0.15, 0.2) is 53.1 Å². The van der Waals surface area contributed by atoms with Crippen molar-refractivity contribution in [1.29, 1.82) is 0 Å². The van der Waals surface area contributed by atoms with Crippen LogP contribution in [0, 0.1) is 18.6 Å². The van der Waals surface area contributed by atoms with Gasteiger partial charge in [0.15, 0.2) is 5.82 Å². The maximum absolute atomic E-state index is 13.5. The summed E-state index contributed by atoms with van der Waals surface area (Å²) < 4.78 is 32.3. The lowest BCUT2D eigenvalue weighted by molar-refractivity contribution is 0.130. The van der Waals surface area contributed by atoms with Gasteiger partial charge < -0.3 is 20.3 Å². The average molecular weight is 512 g/mol. The van der Waals surface area contributed by atoms with E-state index in [0.29, 0.717) is 24.9 Å². The highest BCUT2D eigenvalue weighted by Gasteiger charge is 2.37. The quantitative estimate of drug-likeness (QED) is 0.310. The highest BCUT2D eigenvalue weighted by atomic mass is 19.1. The van der Waals surface area contributed by atoms with E-state index in [-0.39, 0.29) is 17.0 Å². The Balaban J connectivity index is 1.45. The molecule has 200 valence electrons. The third kappa shape index (κ3) is 7.17. The van der Waals surface area contributed by atoms with E-state index in [2.05, 4.69) is 60.8 Å². The smallest absolute Gasteiger partial charge is 0.169 e. The maximum Gasteiger partial charge on any atom is 0.169 e. The molecule has 0 spiro atoms. The van der Waals surface area contributed by atoms with Gasteiger partial charge >= 0.3 is 0 Å². The second-order valence-electron chi connectivity index (χ2n) is 11.5. The van der Waals surface area contributed by atoms with Crippen molar-refractivity contribution in [2.75, 3.05) is 11.9 Å². The molecule has 1 atom stereocenters. The molecular weight excluding hydrogens is 472 g/mol. The molecule has 1 aliphatic rings. The summed E-state index contributed by atoms with van der Waals surface area (Å²) in [7, 11) is 0. The normalized spacial score (nSPS) is 21.1. The first kappa shape index (κ1) is 27.3. The van der Waals surface area contributed by atoms with Crippen LogP contribution in [0.25, 0.3) is 0 Å². The number of hydrogen-bond donors (Lipinski definition) is 3. The molecule has 37 heavy (non-hydrogen) atoms. The number of nitrogens with one attached hydrogen (secondary N) is 2. The van der Waals surface area contributed by atoms with Crippen molar-refractivity contribution >= 4 is 5.82 Å². The molecule has 0 saturated heterocycles. The molecular formula is C30H39F2N3O2. The van der Waals surface area contributed by atoms with Gasteiger partial charge in [0, 0.05) is 30.3 Å². The van der Waals surface area contributed by atoms with Crippen molar-refractivity contribution in [3.05, 3.63) is 82.6 Å². The molecule has 0 bridgehead atoms. The van der Waals surface area contributed by atoms with Gasteiger partial charge in [0.05, 0.1) is 6.10 Å². The molecule has 0 aliphatic heterocycles. The number of aryl methyl sites for hydroxylation is 2.